The Morgan fingerprint density at radius 1 is 1.56 bits per heavy atom. The Bertz CT molecular complexity index is 454. The molecule has 0 radical (unpaired) electrons. The van der Waals surface area contributed by atoms with Crippen molar-refractivity contribution in [3.8, 4) is 6.07 Å². The zero-order valence-corrected chi connectivity index (χ0v) is 10.5. The number of nitriles is 1. The Kier molecular flexibility index (Phi) is 5.61. The van der Waals surface area contributed by atoms with Crippen LogP contribution in [0.5, 0.6) is 0 Å². The molecule has 0 spiro atoms. The van der Waals surface area contributed by atoms with Gasteiger partial charge in [-0.1, -0.05) is 0 Å². The summed E-state index contributed by atoms with van der Waals surface area (Å²) in [5.74, 6) is 0.263. The molecule has 6 nitrogen and oxygen atoms in total. The van der Waals surface area contributed by atoms with Crippen LogP contribution in [0.3, 0.4) is 0 Å². The molecule has 0 aliphatic carbocycles. The second-order valence-corrected chi connectivity index (χ2v) is 3.66. The van der Waals surface area contributed by atoms with Gasteiger partial charge in [0.1, 0.15) is 11.9 Å². The topological polar surface area (TPSA) is 87.0 Å². The number of carbonyl (C=O) groups is 1. The number of carbonyl (C=O) groups excluding carboxylic acids is 1. The van der Waals surface area contributed by atoms with Crippen molar-refractivity contribution in [2.24, 2.45) is 0 Å². The first-order valence-corrected chi connectivity index (χ1v) is 5.54. The van der Waals surface area contributed by atoms with Crippen LogP contribution in [0.25, 0.3) is 0 Å². The van der Waals surface area contributed by atoms with E-state index in [1.165, 1.54) is 0 Å². The standard InChI is InChI=1S/C12H16N4O2/c1-9-3-4-10(7-13)12(16-9)15-8-11(17)14-5-6-18-2/h3-4H,5-6,8H2,1-2H3,(H,14,17)(H,15,16). The average molecular weight is 248 g/mol. The minimum absolute atomic E-state index is 0.0782. The quantitative estimate of drug-likeness (QED) is 0.713. The van der Waals surface area contributed by atoms with Gasteiger partial charge >= 0.3 is 0 Å². The molecule has 1 heterocycles. The molecule has 1 amide bonds. The summed E-state index contributed by atoms with van der Waals surface area (Å²) in [5, 5.41) is 14.4. The smallest absolute Gasteiger partial charge is 0.239 e. The zero-order chi connectivity index (χ0) is 13.4. The van der Waals surface area contributed by atoms with Crippen molar-refractivity contribution in [2.45, 2.75) is 6.92 Å². The average Bonchev–Trinajstić information content (AvgIpc) is 2.37. The first kappa shape index (κ1) is 13.9. The highest BCUT2D eigenvalue weighted by Gasteiger charge is 2.06. The van der Waals surface area contributed by atoms with Crippen molar-refractivity contribution in [1.82, 2.24) is 10.3 Å². The summed E-state index contributed by atoms with van der Waals surface area (Å²) in [7, 11) is 1.57. The molecular weight excluding hydrogens is 232 g/mol. The fourth-order valence-electron chi connectivity index (χ4n) is 1.30. The second-order valence-electron chi connectivity index (χ2n) is 3.66. The number of aromatic nitrogens is 1. The van der Waals surface area contributed by atoms with Crippen LogP contribution in [0.4, 0.5) is 5.82 Å². The first-order valence-electron chi connectivity index (χ1n) is 5.54. The first-order chi connectivity index (χ1) is 8.67. The van der Waals surface area contributed by atoms with Gasteiger partial charge in [-0.25, -0.2) is 4.98 Å². The maximum absolute atomic E-state index is 11.4. The van der Waals surface area contributed by atoms with Gasteiger partial charge in [0, 0.05) is 19.3 Å². The normalized spacial score (nSPS) is 9.61. The van der Waals surface area contributed by atoms with Crippen LogP contribution in [-0.2, 0) is 9.53 Å². The number of hydrogen-bond donors (Lipinski definition) is 2. The largest absolute Gasteiger partial charge is 0.383 e. The maximum atomic E-state index is 11.4. The molecule has 1 aromatic rings. The summed E-state index contributed by atoms with van der Waals surface area (Å²) >= 11 is 0. The van der Waals surface area contributed by atoms with Gasteiger partial charge < -0.3 is 15.4 Å². The number of anilines is 1. The number of methoxy groups -OCH3 is 1. The van der Waals surface area contributed by atoms with E-state index >= 15 is 0 Å². The fourth-order valence-corrected chi connectivity index (χ4v) is 1.30. The predicted molar refractivity (Wildman–Crippen MR) is 67.1 cm³/mol. The SMILES string of the molecule is COCCNC(=O)CNc1nc(C)ccc1C#N. The number of hydrogen-bond acceptors (Lipinski definition) is 5. The third kappa shape index (κ3) is 4.39. The molecule has 0 atom stereocenters. The number of aryl methyl sites for hydroxylation is 1. The lowest BCUT2D eigenvalue weighted by Crippen LogP contribution is -2.32. The number of nitrogens with zero attached hydrogens (tertiary/aromatic N) is 2. The van der Waals surface area contributed by atoms with E-state index in [1.807, 2.05) is 13.0 Å². The Balaban J connectivity index is 2.50. The van der Waals surface area contributed by atoms with E-state index in [0.29, 0.717) is 24.5 Å². The highest BCUT2D eigenvalue weighted by molar-refractivity contribution is 5.80. The van der Waals surface area contributed by atoms with Crippen LogP contribution >= 0.6 is 0 Å². The molecule has 1 rings (SSSR count). The van der Waals surface area contributed by atoms with E-state index in [0.717, 1.165) is 5.69 Å². The molecule has 6 heteroatoms. The minimum atomic E-state index is -0.167. The number of rotatable bonds is 6. The van der Waals surface area contributed by atoms with Gasteiger partial charge in [-0.3, -0.25) is 4.79 Å². The van der Waals surface area contributed by atoms with E-state index in [2.05, 4.69) is 15.6 Å². The Morgan fingerprint density at radius 3 is 3.00 bits per heavy atom. The molecule has 0 unspecified atom stereocenters. The maximum Gasteiger partial charge on any atom is 0.239 e. The van der Waals surface area contributed by atoms with Gasteiger partial charge in [-0.15, -0.1) is 0 Å². The van der Waals surface area contributed by atoms with E-state index < -0.39 is 0 Å². The van der Waals surface area contributed by atoms with E-state index in [4.69, 9.17) is 10.00 Å². The van der Waals surface area contributed by atoms with E-state index in [-0.39, 0.29) is 12.5 Å². The van der Waals surface area contributed by atoms with Gasteiger partial charge in [-0.2, -0.15) is 5.26 Å². The Hall–Kier alpha value is -2.13. The molecule has 1 aromatic heterocycles. The molecule has 0 aliphatic heterocycles. The number of nitrogens with one attached hydrogen (secondary N) is 2. The Morgan fingerprint density at radius 2 is 2.33 bits per heavy atom. The van der Waals surface area contributed by atoms with Gasteiger partial charge in [0.05, 0.1) is 18.7 Å². The van der Waals surface area contributed by atoms with Crippen molar-refractivity contribution in [3.63, 3.8) is 0 Å². The molecule has 0 fully saturated rings. The van der Waals surface area contributed by atoms with Crippen LogP contribution in [0, 0.1) is 18.3 Å². The summed E-state index contributed by atoms with van der Waals surface area (Å²) < 4.78 is 4.82. The summed E-state index contributed by atoms with van der Waals surface area (Å²) in [5.41, 5.74) is 1.21. The monoisotopic (exact) mass is 248 g/mol. The molecule has 96 valence electrons. The molecule has 2 N–H and O–H groups in total. The fraction of sp³-hybridized carbons (Fsp3) is 0.417. The highest BCUT2D eigenvalue weighted by Crippen LogP contribution is 2.11. The lowest BCUT2D eigenvalue weighted by atomic mass is 10.2. The van der Waals surface area contributed by atoms with Crippen molar-refractivity contribution in [1.29, 1.82) is 5.26 Å². The molecular formula is C12H16N4O2. The lowest BCUT2D eigenvalue weighted by molar-refractivity contribution is -0.119. The van der Waals surface area contributed by atoms with Crippen LogP contribution in [0.1, 0.15) is 11.3 Å². The Labute approximate surface area is 106 Å². The molecule has 18 heavy (non-hydrogen) atoms. The third-order valence-corrected chi connectivity index (χ3v) is 2.20. The molecule has 0 aliphatic rings. The van der Waals surface area contributed by atoms with E-state index in [9.17, 15) is 4.79 Å². The zero-order valence-electron chi connectivity index (χ0n) is 10.5. The van der Waals surface area contributed by atoms with Gasteiger partial charge in [0.15, 0.2) is 0 Å². The third-order valence-electron chi connectivity index (χ3n) is 2.20. The van der Waals surface area contributed by atoms with Gasteiger partial charge in [-0.05, 0) is 19.1 Å². The van der Waals surface area contributed by atoms with Crippen LogP contribution in [0.2, 0.25) is 0 Å². The van der Waals surface area contributed by atoms with Crippen LogP contribution < -0.4 is 10.6 Å². The lowest BCUT2D eigenvalue weighted by Gasteiger charge is -2.08. The van der Waals surface area contributed by atoms with Gasteiger partial charge in [0.2, 0.25) is 5.91 Å². The van der Waals surface area contributed by atoms with Crippen molar-refractivity contribution in [2.75, 3.05) is 32.1 Å². The highest BCUT2D eigenvalue weighted by atomic mass is 16.5. The number of ether oxygens (including phenoxy) is 1. The van der Waals surface area contributed by atoms with Crippen LogP contribution in [-0.4, -0.2) is 37.7 Å². The van der Waals surface area contributed by atoms with Crippen molar-refractivity contribution >= 4 is 11.7 Å². The molecule has 0 saturated heterocycles. The van der Waals surface area contributed by atoms with Crippen molar-refractivity contribution < 1.29 is 9.53 Å². The van der Waals surface area contributed by atoms with E-state index in [1.54, 1.807) is 19.2 Å². The number of amides is 1. The molecule has 0 bridgehead atoms. The summed E-state index contributed by atoms with van der Waals surface area (Å²) in [6, 6.07) is 5.45. The van der Waals surface area contributed by atoms with Gasteiger partial charge in [0.25, 0.3) is 0 Å². The second kappa shape index (κ2) is 7.25. The molecule has 0 aromatic carbocycles. The number of pyridine rings is 1. The predicted octanol–water partition coefficient (Wildman–Crippen LogP) is 0.436. The summed E-state index contributed by atoms with van der Waals surface area (Å²) in [6.07, 6.45) is 0. The van der Waals surface area contributed by atoms with Crippen LogP contribution in [0.15, 0.2) is 12.1 Å². The molecule has 0 saturated carbocycles. The minimum Gasteiger partial charge on any atom is -0.383 e. The summed E-state index contributed by atoms with van der Waals surface area (Å²) in [6.45, 7) is 2.83. The van der Waals surface area contributed by atoms with Crippen molar-refractivity contribution in [3.05, 3.63) is 23.4 Å². The summed E-state index contributed by atoms with van der Waals surface area (Å²) in [4.78, 5) is 15.6.